The summed E-state index contributed by atoms with van der Waals surface area (Å²) in [7, 11) is 1.55. The largest absolute Gasteiger partial charge is 0.493 e. The first-order chi connectivity index (χ1) is 16.9. The molecule has 11 nitrogen and oxygen atoms in total. The molecule has 0 spiro atoms. The first kappa shape index (κ1) is 25.1. The minimum absolute atomic E-state index is 0.0716. The van der Waals surface area contributed by atoms with Gasteiger partial charge in [-0.3, -0.25) is 10.9 Å². The molecule has 0 saturated carbocycles. The van der Waals surface area contributed by atoms with Gasteiger partial charge in [0, 0.05) is 43.9 Å². The maximum Gasteiger partial charge on any atom is 0.251 e. The highest BCUT2D eigenvalue weighted by Gasteiger charge is 2.35. The van der Waals surface area contributed by atoms with Crippen molar-refractivity contribution in [1.82, 2.24) is 25.7 Å². The number of ether oxygens (including phenoxy) is 2. The Labute approximate surface area is 202 Å². The van der Waals surface area contributed by atoms with Crippen molar-refractivity contribution in [2.75, 3.05) is 51.3 Å². The third-order valence-corrected chi connectivity index (χ3v) is 6.29. The van der Waals surface area contributed by atoms with Gasteiger partial charge in [0.25, 0.3) is 5.92 Å². The van der Waals surface area contributed by atoms with Crippen LogP contribution in [-0.4, -0.2) is 73.2 Å². The molecule has 0 unspecified atom stereocenters. The molecule has 3 heterocycles. The molecule has 0 aliphatic carbocycles. The number of likely N-dealkylation sites (tertiary alicyclic amines) is 1. The van der Waals surface area contributed by atoms with E-state index in [0.29, 0.717) is 35.0 Å². The Morgan fingerprint density at radius 2 is 1.80 bits per heavy atom. The van der Waals surface area contributed by atoms with E-state index in [0.717, 1.165) is 26.1 Å². The van der Waals surface area contributed by atoms with Crippen LogP contribution in [0.25, 0.3) is 10.9 Å². The number of nitrogens with zero attached hydrogens (tertiary/aromatic N) is 5. The molecular formula is C22H33F2N9O2. The number of rotatable bonds is 8. The fourth-order valence-corrected chi connectivity index (χ4v) is 4.33. The van der Waals surface area contributed by atoms with Crippen molar-refractivity contribution in [2.24, 2.45) is 16.7 Å². The van der Waals surface area contributed by atoms with Crippen LogP contribution in [0.5, 0.6) is 11.5 Å². The molecule has 2 aliphatic rings. The van der Waals surface area contributed by atoms with E-state index in [1.165, 1.54) is 12.8 Å². The number of hydrogen-bond donors (Lipinski definition) is 4. The van der Waals surface area contributed by atoms with Gasteiger partial charge in [-0.05, 0) is 38.4 Å². The number of fused-ring (bicyclic) bond motifs is 1. The van der Waals surface area contributed by atoms with Gasteiger partial charge in [0.05, 0.1) is 19.2 Å². The third kappa shape index (κ3) is 6.16. The van der Waals surface area contributed by atoms with E-state index >= 15 is 0 Å². The van der Waals surface area contributed by atoms with Crippen molar-refractivity contribution in [2.45, 2.75) is 38.0 Å². The summed E-state index contributed by atoms with van der Waals surface area (Å²) in [6.45, 7) is 4.07. The zero-order valence-electron chi connectivity index (χ0n) is 19.9. The number of hydrazine groups is 2. The molecule has 2 saturated heterocycles. The Bertz CT molecular complexity index is 1030. The van der Waals surface area contributed by atoms with E-state index in [-0.39, 0.29) is 37.7 Å². The maximum absolute atomic E-state index is 13.7. The van der Waals surface area contributed by atoms with E-state index in [1.807, 2.05) is 0 Å². The minimum atomic E-state index is -2.68. The predicted octanol–water partition coefficient (Wildman–Crippen LogP) is 1.65. The second-order valence-electron chi connectivity index (χ2n) is 8.71. The van der Waals surface area contributed by atoms with Gasteiger partial charge in [-0.25, -0.2) is 25.5 Å². The van der Waals surface area contributed by atoms with E-state index in [4.69, 9.17) is 21.2 Å². The number of guanidine groups is 1. The zero-order valence-corrected chi connectivity index (χ0v) is 19.9. The normalized spacial score (nSPS) is 17.9. The highest BCUT2D eigenvalue weighted by molar-refractivity contribution is 5.94. The predicted molar refractivity (Wildman–Crippen MR) is 130 cm³/mol. The highest BCUT2D eigenvalue weighted by Crippen LogP contribution is 2.37. The fraction of sp³-hybridized carbons (Fsp3) is 0.591. The standard InChI is InChI=1S/C22H33F2N9O2/c1-34-17-13-15-16(14-18(17)35-12-4-9-32-7-2-3-8-32)27-21(29-19(15)28-20(30-25)31-26)33-10-5-22(23,24)6-11-33/h13-14H,2-12,25-26H2,1H3,(H2,27,28,29,30,31). The molecule has 0 bridgehead atoms. The first-order valence-electron chi connectivity index (χ1n) is 11.8. The number of piperidine rings is 1. The number of anilines is 1. The third-order valence-electron chi connectivity index (χ3n) is 6.29. The number of methoxy groups -OCH3 is 1. The van der Waals surface area contributed by atoms with Crippen LogP contribution in [0.3, 0.4) is 0 Å². The quantitative estimate of drug-likeness (QED) is 0.141. The van der Waals surface area contributed by atoms with Crippen LogP contribution in [0.4, 0.5) is 20.5 Å². The molecule has 1 aromatic carbocycles. The van der Waals surface area contributed by atoms with Gasteiger partial charge in [0.2, 0.25) is 11.9 Å². The monoisotopic (exact) mass is 493 g/mol. The van der Waals surface area contributed by atoms with Crippen LogP contribution in [0.1, 0.15) is 32.1 Å². The summed E-state index contributed by atoms with van der Waals surface area (Å²) in [6.07, 6.45) is 2.87. The number of aliphatic imine (C=N–C) groups is 1. The average molecular weight is 494 g/mol. The lowest BCUT2D eigenvalue weighted by atomic mass is 10.1. The van der Waals surface area contributed by atoms with Crippen molar-refractivity contribution in [3.8, 4) is 11.5 Å². The Balaban J connectivity index is 1.64. The molecule has 0 amide bonds. The summed E-state index contributed by atoms with van der Waals surface area (Å²) < 4.78 is 39.0. The van der Waals surface area contributed by atoms with Gasteiger partial charge in [0.15, 0.2) is 17.3 Å². The van der Waals surface area contributed by atoms with Crippen molar-refractivity contribution >= 4 is 28.6 Å². The van der Waals surface area contributed by atoms with E-state index < -0.39 is 5.92 Å². The molecule has 6 N–H and O–H groups in total. The zero-order chi connectivity index (χ0) is 24.8. The summed E-state index contributed by atoms with van der Waals surface area (Å²) >= 11 is 0. The van der Waals surface area contributed by atoms with Crippen molar-refractivity contribution in [3.05, 3.63) is 12.1 Å². The Morgan fingerprint density at radius 1 is 1.09 bits per heavy atom. The number of halogens is 2. The minimum Gasteiger partial charge on any atom is -0.493 e. The van der Waals surface area contributed by atoms with Gasteiger partial charge in [-0.2, -0.15) is 9.98 Å². The molecular weight excluding hydrogens is 460 g/mol. The van der Waals surface area contributed by atoms with Crippen molar-refractivity contribution in [3.63, 3.8) is 0 Å². The van der Waals surface area contributed by atoms with Gasteiger partial charge >= 0.3 is 0 Å². The smallest absolute Gasteiger partial charge is 0.251 e. The Morgan fingerprint density at radius 3 is 2.46 bits per heavy atom. The number of hydrogen-bond acceptors (Lipinski definition) is 9. The molecule has 2 aromatic rings. The Kier molecular flexibility index (Phi) is 7.98. The second-order valence-corrected chi connectivity index (χ2v) is 8.71. The molecule has 0 atom stereocenters. The van der Waals surface area contributed by atoms with Gasteiger partial charge < -0.3 is 19.3 Å². The van der Waals surface area contributed by atoms with Crippen LogP contribution in [0.15, 0.2) is 17.1 Å². The Hall–Kier alpha value is -3.03. The molecule has 2 aliphatic heterocycles. The van der Waals surface area contributed by atoms with E-state index in [9.17, 15) is 8.78 Å². The van der Waals surface area contributed by atoms with Crippen LogP contribution in [0, 0.1) is 0 Å². The molecule has 1 aromatic heterocycles. The van der Waals surface area contributed by atoms with Gasteiger partial charge in [-0.15, -0.1) is 0 Å². The molecule has 2 fully saturated rings. The highest BCUT2D eigenvalue weighted by atomic mass is 19.3. The summed E-state index contributed by atoms with van der Waals surface area (Å²) in [4.78, 5) is 17.7. The summed E-state index contributed by atoms with van der Waals surface area (Å²) in [5, 5.41) is 0.570. The number of benzene rings is 1. The molecule has 13 heteroatoms. The topological polar surface area (TPSA) is 139 Å². The number of nitrogens with two attached hydrogens (primary N) is 2. The van der Waals surface area contributed by atoms with E-state index in [1.54, 1.807) is 24.1 Å². The number of aromatic nitrogens is 2. The molecule has 35 heavy (non-hydrogen) atoms. The lowest BCUT2D eigenvalue weighted by molar-refractivity contribution is -0.0222. The lowest BCUT2D eigenvalue weighted by Gasteiger charge is -2.31. The van der Waals surface area contributed by atoms with Crippen LogP contribution >= 0.6 is 0 Å². The van der Waals surface area contributed by atoms with Crippen molar-refractivity contribution in [1.29, 1.82) is 0 Å². The molecule has 4 rings (SSSR count). The summed E-state index contributed by atoms with van der Waals surface area (Å²) in [5.74, 6) is 9.93. The van der Waals surface area contributed by atoms with Crippen LogP contribution in [0.2, 0.25) is 0 Å². The second kappa shape index (κ2) is 11.1. The average Bonchev–Trinajstić information content (AvgIpc) is 3.38. The van der Waals surface area contributed by atoms with Crippen molar-refractivity contribution < 1.29 is 18.3 Å². The molecule has 0 radical (unpaired) electrons. The summed E-state index contributed by atoms with van der Waals surface area (Å²) in [6, 6.07) is 3.50. The molecule has 192 valence electrons. The van der Waals surface area contributed by atoms with Gasteiger partial charge in [-0.1, -0.05) is 0 Å². The lowest BCUT2D eigenvalue weighted by Crippen LogP contribution is -2.44. The van der Waals surface area contributed by atoms with E-state index in [2.05, 4.69) is 30.7 Å². The maximum atomic E-state index is 13.7. The van der Waals surface area contributed by atoms with Crippen LogP contribution < -0.4 is 36.9 Å². The fourth-order valence-electron chi connectivity index (χ4n) is 4.33. The SMILES string of the molecule is COc1cc2c(N=C(NN)NN)nc(N3CCC(F)(F)CC3)nc2cc1OCCCN1CCCC1. The van der Waals surface area contributed by atoms with Crippen LogP contribution in [-0.2, 0) is 0 Å². The number of alkyl halides is 2. The number of nitrogens with one attached hydrogen (secondary N) is 2. The first-order valence-corrected chi connectivity index (χ1v) is 11.8. The van der Waals surface area contributed by atoms with Gasteiger partial charge in [0.1, 0.15) is 0 Å². The summed E-state index contributed by atoms with van der Waals surface area (Å²) in [5.41, 5.74) is 5.24.